The van der Waals surface area contributed by atoms with Crippen LogP contribution in [0.5, 0.6) is 0 Å². The summed E-state index contributed by atoms with van der Waals surface area (Å²) in [5.41, 5.74) is 1.91. The predicted octanol–water partition coefficient (Wildman–Crippen LogP) is 5.56. The molecule has 2 atom stereocenters. The summed E-state index contributed by atoms with van der Waals surface area (Å²) in [6.45, 7) is 0. The Morgan fingerprint density at radius 1 is 1.06 bits per heavy atom. The molecule has 1 heterocycles. The first-order valence-corrected chi connectivity index (χ1v) is 12.2. The first-order valence-electron chi connectivity index (χ1n) is 12.2. The Kier molecular flexibility index (Phi) is 7.95. The van der Waals surface area contributed by atoms with Crippen molar-refractivity contribution in [2.75, 3.05) is 0 Å². The van der Waals surface area contributed by atoms with Crippen LogP contribution in [0.2, 0.25) is 0 Å². The topological polar surface area (TPSA) is 113 Å². The fraction of sp³-hybridized carbons (Fsp3) is 0.444. The summed E-state index contributed by atoms with van der Waals surface area (Å²) < 4.78 is 5.63. The number of benzene rings is 2. The molecule has 3 aromatic rings. The third-order valence-corrected chi connectivity index (χ3v) is 6.71. The van der Waals surface area contributed by atoms with Gasteiger partial charge in [-0.05, 0) is 48.9 Å². The van der Waals surface area contributed by atoms with E-state index in [1.165, 1.54) is 44.2 Å². The number of aromatic carboxylic acids is 1. The highest BCUT2D eigenvalue weighted by Gasteiger charge is 2.22. The third kappa shape index (κ3) is 6.23. The van der Waals surface area contributed by atoms with Crippen LogP contribution in [0, 0.1) is 5.92 Å². The van der Waals surface area contributed by atoms with Gasteiger partial charge in [0.25, 0.3) is 0 Å². The molecule has 2 unspecified atom stereocenters. The van der Waals surface area contributed by atoms with Crippen LogP contribution >= 0.6 is 0 Å². The Bertz CT molecular complexity index is 1100. The number of nitrogens with zero attached hydrogens (tertiary/aromatic N) is 1. The zero-order chi connectivity index (χ0) is 23.9. The van der Waals surface area contributed by atoms with E-state index in [1.807, 2.05) is 30.3 Å². The highest BCUT2D eigenvalue weighted by atomic mass is 16.4. The molecule has 1 aromatic heterocycles. The molecule has 0 radical (unpaired) electrons. The normalized spacial score (nSPS) is 16.3. The lowest BCUT2D eigenvalue weighted by Crippen LogP contribution is -2.29. The Morgan fingerprint density at radius 3 is 2.56 bits per heavy atom. The van der Waals surface area contributed by atoms with Crippen molar-refractivity contribution in [3.05, 3.63) is 65.5 Å². The van der Waals surface area contributed by atoms with Gasteiger partial charge in [-0.2, -0.15) is 0 Å². The Balaban J connectivity index is 1.38. The monoisotopic (exact) mass is 464 g/mol. The number of aliphatic hydroxyl groups excluding tert-OH is 1. The first-order chi connectivity index (χ1) is 16.5. The van der Waals surface area contributed by atoms with E-state index in [2.05, 4.69) is 10.3 Å². The second kappa shape index (κ2) is 11.3. The van der Waals surface area contributed by atoms with Crippen molar-refractivity contribution in [1.82, 2.24) is 10.3 Å². The van der Waals surface area contributed by atoms with Crippen molar-refractivity contribution < 1.29 is 24.2 Å². The summed E-state index contributed by atoms with van der Waals surface area (Å²) in [4.78, 5) is 28.2. The van der Waals surface area contributed by atoms with Gasteiger partial charge in [-0.15, -0.1) is 0 Å². The summed E-state index contributed by atoms with van der Waals surface area (Å²) in [5, 5.41) is 23.0. The van der Waals surface area contributed by atoms with Crippen LogP contribution in [-0.2, 0) is 4.79 Å². The molecule has 0 saturated heterocycles. The molecule has 0 bridgehead atoms. The van der Waals surface area contributed by atoms with E-state index in [9.17, 15) is 14.7 Å². The lowest BCUT2D eigenvalue weighted by atomic mass is 9.86. The molecule has 1 saturated carbocycles. The van der Waals surface area contributed by atoms with Crippen LogP contribution in [0.25, 0.3) is 11.1 Å². The van der Waals surface area contributed by atoms with E-state index >= 15 is 0 Å². The van der Waals surface area contributed by atoms with Crippen molar-refractivity contribution >= 4 is 23.0 Å². The molecular weight excluding hydrogens is 432 g/mol. The summed E-state index contributed by atoms with van der Waals surface area (Å²) >= 11 is 0. The molecule has 1 aliphatic rings. The molecule has 1 amide bonds. The molecule has 34 heavy (non-hydrogen) atoms. The van der Waals surface area contributed by atoms with E-state index in [1.54, 1.807) is 6.07 Å². The second-order valence-electron chi connectivity index (χ2n) is 9.21. The van der Waals surface area contributed by atoms with E-state index in [4.69, 9.17) is 9.52 Å². The summed E-state index contributed by atoms with van der Waals surface area (Å²) in [5.74, 6) is -0.215. The van der Waals surface area contributed by atoms with E-state index in [0.29, 0.717) is 36.3 Å². The van der Waals surface area contributed by atoms with Crippen LogP contribution in [0.1, 0.15) is 91.7 Å². The van der Waals surface area contributed by atoms with Gasteiger partial charge in [0.15, 0.2) is 5.58 Å². The fourth-order valence-corrected chi connectivity index (χ4v) is 4.75. The first kappa shape index (κ1) is 24.0. The number of amides is 1. The van der Waals surface area contributed by atoms with E-state index < -0.39 is 12.1 Å². The average molecular weight is 465 g/mol. The number of carbonyl (C=O) groups excluding carboxylic acids is 1. The maximum atomic E-state index is 12.7. The zero-order valence-electron chi connectivity index (χ0n) is 19.3. The van der Waals surface area contributed by atoms with Gasteiger partial charge < -0.3 is 19.9 Å². The number of hydrogen-bond donors (Lipinski definition) is 3. The van der Waals surface area contributed by atoms with Crippen LogP contribution in [0.15, 0.2) is 52.9 Å². The zero-order valence-corrected chi connectivity index (χ0v) is 19.3. The quantitative estimate of drug-likeness (QED) is 0.362. The van der Waals surface area contributed by atoms with Gasteiger partial charge in [0.05, 0.1) is 11.6 Å². The maximum absolute atomic E-state index is 12.7. The van der Waals surface area contributed by atoms with Crippen LogP contribution in [0.3, 0.4) is 0 Å². The Labute approximate surface area is 199 Å². The largest absolute Gasteiger partial charge is 0.478 e. The number of rotatable bonds is 10. The molecule has 3 N–H and O–H groups in total. The summed E-state index contributed by atoms with van der Waals surface area (Å²) in [7, 11) is 0. The highest BCUT2D eigenvalue weighted by molar-refractivity contribution is 5.91. The molecular formula is C27H32N2O5. The molecule has 7 heteroatoms. The number of oxazole rings is 1. The number of fused-ring (bicyclic) bond motifs is 1. The Hall–Kier alpha value is -3.19. The van der Waals surface area contributed by atoms with Gasteiger partial charge >= 0.3 is 5.97 Å². The summed E-state index contributed by atoms with van der Waals surface area (Å²) in [6.07, 6.45) is 7.62. The predicted molar refractivity (Wildman–Crippen MR) is 128 cm³/mol. The van der Waals surface area contributed by atoms with Crippen molar-refractivity contribution in [3.8, 4) is 0 Å². The van der Waals surface area contributed by atoms with Gasteiger partial charge in [0, 0.05) is 6.42 Å². The second-order valence-corrected chi connectivity index (χ2v) is 9.21. The number of hydrogen-bond acceptors (Lipinski definition) is 5. The van der Waals surface area contributed by atoms with Crippen molar-refractivity contribution in [2.45, 2.75) is 69.9 Å². The van der Waals surface area contributed by atoms with E-state index in [-0.39, 0.29) is 23.4 Å². The van der Waals surface area contributed by atoms with Crippen LogP contribution in [-0.4, -0.2) is 27.1 Å². The molecule has 0 spiro atoms. The standard InChI is InChI=1S/C27H32N2O5/c30-23(26-29-22-13-12-20(27(32)33)17-24(22)34-26)15-14-21(19-9-5-2-6-10-19)28-25(31)16-11-18-7-3-1-4-8-18/h2,5-6,9-10,12-13,17-18,21,23,30H,1,3-4,7-8,11,14-16H2,(H,28,31)(H,32,33). The average Bonchev–Trinajstić information content (AvgIpc) is 3.30. The molecule has 2 aromatic carbocycles. The lowest BCUT2D eigenvalue weighted by Gasteiger charge is -2.23. The molecule has 1 fully saturated rings. The van der Waals surface area contributed by atoms with Gasteiger partial charge in [0.1, 0.15) is 11.6 Å². The van der Waals surface area contributed by atoms with Gasteiger partial charge in [0.2, 0.25) is 11.8 Å². The van der Waals surface area contributed by atoms with Crippen LogP contribution < -0.4 is 5.32 Å². The number of carboxylic acids is 1. The number of aliphatic hydroxyl groups is 1. The molecule has 180 valence electrons. The highest BCUT2D eigenvalue weighted by Crippen LogP contribution is 2.29. The fourth-order valence-electron chi connectivity index (χ4n) is 4.75. The smallest absolute Gasteiger partial charge is 0.335 e. The number of aromatic nitrogens is 1. The number of carboxylic acid groups (broad SMARTS) is 1. The van der Waals surface area contributed by atoms with Crippen molar-refractivity contribution in [3.63, 3.8) is 0 Å². The van der Waals surface area contributed by atoms with Crippen LogP contribution in [0.4, 0.5) is 0 Å². The minimum Gasteiger partial charge on any atom is -0.478 e. The number of carbonyl (C=O) groups is 2. The van der Waals surface area contributed by atoms with Gasteiger partial charge in [-0.1, -0.05) is 62.4 Å². The minimum absolute atomic E-state index is 0.0389. The lowest BCUT2D eigenvalue weighted by molar-refractivity contribution is -0.122. The van der Waals surface area contributed by atoms with Gasteiger partial charge in [-0.3, -0.25) is 4.79 Å². The Morgan fingerprint density at radius 2 is 1.82 bits per heavy atom. The van der Waals surface area contributed by atoms with Crippen molar-refractivity contribution in [2.24, 2.45) is 5.92 Å². The minimum atomic E-state index is -1.05. The third-order valence-electron chi connectivity index (χ3n) is 6.71. The molecule has 4 rings (SSSR count). The molecule has 7 nitrogen and oxygen atoms in total. The van der Waals surface area contributed by atoms with E-state index in [0.717, 1.165) is 12.0 Å². The maximum Gasteiger partial charge on any atom is 0.335 e. The summed E-state index contributed by atoms with van der Waals surface area (Å²) in [6, 6.07) is 14.0. The molecule has 0 aliphatic heterocycles. The SMILES string of the molecule is O=C(CCC1CCCCC1)NC(CCC(O)c1nc2ccc(C(=O)O)cc2o1)c1ccccc1. The molecule has 1 aliphatic carbocycles. The van der Waals surface area contributed by atoms with Crippen molar-refractivity contribution in [1.29, 1.82) is 0 Å². The van der Waals surface area contributed by atoms with Gasteiger partial charge in [-0.25, -0.2) is 9.78 Å². The number of nitrogens with one attached hydrogen (secondary N) is 1.